The van der Waals surface area contributed by atoms with Crippen LogP contribution in [0.25, 0.3) is 11.0 Å². The van der Waals surface area contributed by atoms with E-state index in [0.717, 1.165) is 73.0 Å². The van der Waals surface area contributed by atoms with Gasteiger partial charge in [-0.3, -0.25) is 14.1 Å². The molecule has 8 heteroatoms. The summed E-state index contributed by atoms with van der Waals surface area (Å²) in [5.74, 6) is 1.11. The molecule has 1 saturated heterocycles. The second-order valence-corrected chi connectivity index (χ2v) is 8.87. The van der Waals surface area contributed by atoms with Gasteiger partial charge in [0, 0.05) is 43.5 Å². The van der Waals surface area contributed by atoms with Gasteiger partial charge in [0.25, 0.3) is 0 Å². The highest BCUT2D eigenvalue weighted by molar-refractivity contribution is 7.84. The van der Waals surface area contributed by atoms with E-state index in [0.29, 0.717) is 10.9 Å². The van der Waals surface area contributed by atoms with Crippen molar-refractivity contribution in [2.45, 2.75) is 31.3 Å². The van der Waals surface area contributed by atoms with Gasteiger partial charge in [0.05, 0.1) is 53.6 Å². The maximum absolute atomic E-state index is 13.4. The van der Waals surface area contributed by atoms with Crippen LogP contribution in [0.1, 0.15) is 16.8 Å². The SMILES string of the molecule is COc1c(C)cnc(CS(=O)c2nc3ccccc3n2CCN2CCOCC2)c1C. The lowest BCUT2D eigenvalue weighted by molar-refractivity contribution is 0.0362. The zero-order chi connectivity index (χ0) is 21.1. The number of hydrogen-bond acceptors (Lipinski definition) is 6. The number of aryl methyl sites for hydroxylation is 1. The Bertz CT molecular complexity index is 1060. The Morgan fingerprint density at radius 3 is 2.70 bits per heavy atom. The molecule has 1 atom stereocenters. The summed E-state index contributed by atoms with van der Waals surface area (Å²) >= 11 is 0. The van der Waals surface area contributed by atoms with Crippen LogP contribution in [0.2, 0.25) is 0 Å². The zero-order valence-electron chi connectivity index (χ0n) is 17.8. The minimum Gasteiger partial charge on any atom is -0.496 e. The summed E-state index contributed by atoms with van der Waals surface area (Å²) < 4.78 is 26.5. The minimum absolute atomic E-state index is 0.309. The number of methoxy groups -OCH3 is 1. The molecule has 1 fully saturated rings. The van der Waals surface area contributed by atoms with Gasteiger partial charge >= 0.3 is 0 Å². The van der Waals surface area contributed by atoms with E-state index in [4.69, 9.17) is 14.5 Å². The van der Waals surface area contributed by atoms with Gasteiger partial charge < -0.3 is 14.0 Å². The lowest BCUT2D eigenvalue weighted by atomic mass is 10.1. The van der Waals surface area contributed by atoms with Gasteiger partial charge in [0.15, 0.2) is 0 Å². The molecule has 4 rings (SSSR count). The number of rotatable bonds is 7. The largest absolute Gasteiger partial charge is 0.496 e. The third kappa shape index (κ3) is 4.26. The lowest BCUT2D eigenvalue weighted by Gasteiger charge is -2.26. The third-order valence-corrected chi connectivity index (χ3v) is 6.84. The van der Waals surface area contributed by atoms with Crippen LogP contribution in [0.3, 0.4) is 0 Å². The number of para-hydroxylation sites is 2. The van der Waals surface area contributed by atoms with Crippen molar-refractivity contribution < 1.29 is 13.7 Å². The predicted octanol–water partition coefficient (Wildman–Crippen LogP) is 2.70. The van der Waals surface area contributed by atoms with E-state index in [-0.39, 0.29) is 0 Å². The molecule has 0 saturated carbocycles. The second-order valence-electron chi connectivity index (χ2n) is 7.52. The molecule has 0 aliphatic carbocycles. The van der Waals surface area contributed by atoms with Crippen molar-refractivity contribution in [2.24, 2.45) is 0 Å². The van der Waals surface area contributed by atoms with Crippen LogP contribution in [0.15, 0.2) is 35.6 Å². The molecular weight excluding hydrogens is 400 g/mol. The summed E-state index contributed by atoms with van der Waals surface area (Å²) in [5.41, 5.74) is 4.57. The Labute approximate surface area is 179 Å². The molecule has 1 aliphatic rings. The Morgan fingerprint density at radius 1 is 1.17 bits per heavy atom. The monoisotopic (exact) mass is 428 g/mol. The maximum Gasteiger partial charge on any atom is 0.200 e. The average molecular weight is 429 g/mol. The number of fused-ring (bicyclic) bond motifs is 1. The Morgan fingerprint density at radius 2 is 1.93 bits per heavy atom. The van der Waals surface area contributed by atoms with Crippen LogP contribution >= 0.6 is 0 Å². The van der Waals surface area contributed by atoms with Crippen LogP contribution in [0.5, 0.6) is 5.75 Å². The number of imidazole rings is 1. The molecular formula is C22H28N4O3S. The van der Waals surface area contributed by atoms with Crippen molar-refractivity contribution in [3.63, 3.8) is 0 Å². The first-order chi connectivity index (χ1) is 14.6. The molecule has 30 heavy (non-hydrogen) atoms. The van der Waals surface area contributed by atoms with E-state index in [1.54, 1.807) is 13.3 Å². The van der Waals surface area contributed by atoms with Crippen LogP contribution < -0.4 is 4.74 Å². The first-order valence-corrected chi connectivity index (χ1v) is 11.5. The highest BCUT2D eigenvalue weighted by Crippen LogP contribution is 2.26. The van der Waals surface area contributed by atoms with Crippen LogP contribution in [0, 0.1) is 13.8 Å². The molecule has 0 bridgehead atoms. The van der Waals surface area contributed by atoms with E-state index in [9.17, 15) is 4.21 Å². The lowest BCUT2D eigenvalue weighted by Crippen LogP contribution is -2.38. The molecule has 7 nitrogen and oxygen atoms in total. The highest BCUT2D eigenvalue weighted by atomic mass is 32.2. The number of benzene rings is 1. The number of hydrogen-bond donors (Lipinski definition) is 0. The first kappa shape index (κ1) is 21.0. The van der Waals surface area contributed by atoms with Crippen LogP contribution in [0.4, 0.5) is 0 Å². The summed E-state index contributed by atoms with van der Waals surface area (Å²) in [5, 5.41) is 0.602. The standard InChI is InChI=1S/C22H28N4O3S/c1-16-14-23-19(17(2)21(16)28-3)15-30(27)22-24-18-6-4-5-7-20(18)26(22)9-8-25-10-12-29-13-11-25/h4-7,14H,8-13,15H2,1-3H3. The normalized spacial score (nSPS) is 16.1. The van der Waals surface area contributed by atoms with Crippen molar-refractivity contribution in [1.29, 1.82) is 0 Å². The molecule has 160 valence electrons. The van der Waals surface area contributed by atoms with Crippen LogP contribution in [-0.4, -0.2) is 63.6 Å². The smallest absolute Gasteiger partial charge is 0.200 e. The van der Waals surface area contributed by atoms with Crippen molar-refractivity contribution in [1.82, 2.24) is 19.4 Å². The summed E-state index contributed by atoms with van der Waals surface area (Å²) in [6.07, 6.45) is 1.78. The molecule has 0 N–H and O–H groups in total. The van der Waals surface area contributed by atoms with E-state index in [1.807, 2.05) is 38.1 Å². The Hall–Kier alpha value is -2.29. The molecule has 0 spiro atoms. The second kappa shape index (κ2) is 9.24. The van der Waals surface area contributed by atoms with Gasteiger partial charge in [-0.2, -0.15) is 0 Å². The summed E-state index contributed by atoms with van der Waals surface area (Å²) in [6.45, 7) is 8.94. The van der Waals surface area contributed by atoms with Gasteiger partial charge in [0.2, 0.25) is 5.16 Å². The Kier molecular flexibility index (Phi) is 6.46. The van der Waals surface area contributed by atoms with Crippen molar-refractivity contribution in [2.75, 3.05) is 40.0 Å². The van der Waals surface area contributed by atoms with Gasteiger partial charge in [-0.1, -0.05) is 12.1 Å². The van der Waals surface area contributed by atoms with Crippen molar-refractivity contribution in [3.8, 4) is 5.75 Å². The summed E-state index contributed by atoms with van der Waals surface area (Å²) in [4.78, 5) is 11.6. The minimum atomic E-state index is -1.32. The fourth-order valence-corrected chi connectivity index (χ4v) is 5.22. The first-order valence-electron chi connectivity index (χ1n) is 10.2. The summed E-state index contributed by atoms with van der Waals surface area (Å²) in [7, 11) is 0.332. The molecule has 3 aromatic rings. The molecule has 3 heterocycles. The number of morpholine rings is 1. The molecule has 0 amide bonds. The molecule has 1 aliphatic heterocycles. The number of ether oxygens (including phenoxy) is 2. The van der Waals surface area contributed by atoms with E-state index in [1.165, 1.54) is 0 Å². The fraction of sp³-hybridized carbons (Fsp3) is 0.455. The topological polar surface area (TPSA) is 69.5 Å². The van der Waals surface area contributed by atoms with Gasteiger partial charge in [-0.25, -0.2) is 4.98 Å². The summed E-state index contributed by atoms with van der Waals surface area (Å²) in [6, 6.07) is 7.98. The van der Waals surface area contributed by atoms with E-state index in [2.05, 4.69) is 14.5 Å². The maximum atomic E-state index is 13.4. The predicted molar refractivity (Wildman–Crippen MR) is 117 cm³/mol. The van der Waals surface area contributed by atoms with E-state index >= 15 is 0 Å². The number of pyridine rings is 1. The quantitative estimate of drug-likeness (QED) is 0.576. The molecule has 2 aromatic heterocycles. The molecule has 1 unspecified atom stereocenters. The van der Waals surface area contributed by atoms with Gasteiger partial charge in [-0.15, -0.1) is 0 Å². The molecule has 1 aromatic carbocycles. The zero-order valence-corrected chi connectivity index (χ0v) is 18.6. The number of aromatic nitrogens is 3. The molecule has 0 radical (unpaired) electrons. The highest BCUT2D eigenvalue weighted by Gasteiger charge is 2.20. The Balaban J connectivity index is 1.62. The van der Waals surface area contributed by atoms with E-state index < -0.39 is 10.8 Å². The fourth-order valence-electron chi connectivity index (χ4n) is 3.91. The third-order valence-electron chi connectivity index (χ3n) is 5.58. The van der Waals surface area contributed by atoms with Crippen molar-refractivity contribution >= 4 is 21.8 Å². The number of nitrogens with zero attached hydrogens (tertiary/aromatic N) is 4. The van der Waals surface area contributed by atoms with Crippen molar-refractivity contribution in [3.05, 3.63) is 47.3 Å². The van der Waals surface area contributed by atoms with Gasteiger partial charge in [-0.05, 0) is 26.0 Å². The van der Waals surface area contributed by atoms with Crippen LogP contribution in [-0.2, 0) is 27.8 Å². The van der Waals surface area contributed by atoms with Gasteiger partial charge in [0.1, 0.15) is 5.75 Å². The average Bonchev–Trinajstić information content (AvgIpc) is 3.14.